The fourth-order valence-electron chi connectivity index (χ4n) is 2.49. The van der Waals surface area contributed by atoms with Crippen LogP contribution >= 0.6 is 0 Å². The summed E-state index contributed by atoms with van der Waals surface area (Å²) in [6.45, 7) is 1.46. The third-order valence-electron chi connectivity index (χ3n) is 3.70. The molecule has 0 spiro atoms. The number of hydrogen-bond acceptors (Lipinski definition) is 4. The van der Waals surface area contributed by atoms with Gasteiger partial charge in [-0.15, -0.1) is 0 Å². The highest BCUT2D eigenvalue weighted by atomic mass is 19.1. The van der Waals surface area contributed by atoms with E-state index in [1.54, 1.807) is 0 Å². The number of H-pyrrole nitrogens is 1. The SMILES string of the molecule is O=C(N[C@@H]1CCNC1)c1[nH]ncc1NC(=O)c1c(F)cccc1F. The highest BCUT2D eigenvalue weighted by molar-refractivity contribution is 6.08. The van der Waals surface area contributed by atoms with Crippen LogP contribution in [0.3, 0.4) is 0 Å². The number of nitrogens with zero attached hydrogens (tertiary/aromatic N) is 1. The molecule has 0 aliphatic carbocycles. The Morgan fingerprint density at radius 2 is 1.96 bits per heavy atom. The molecule has 7 nitrogen and oxygen atoms in total. The normalized spacial score (nSPS) is 16.8. The zero-order valence-corrected chi connectivity index (χ0v) is 12.5. The van der Waals surface area contributed by atoms with Crippen LogP contribution in [-0.4, -0.2) is 41.1 Å². The van der Waals surface area contributed by atoms with E-state index < -0.39 is 29.0 Å². The Morgan fingerprint density at radius 1 is 1.21 bits per heavy atom. The Bertz CT molecular complexity index is 751. The van der Waals surface area contributed by atoms with Gasteiger partial charge in [-0.2, -0.15) is 5.10 Å². The van der Waals surface area contributed by atoms with Crippen molar-refractivity contribution in [1.82, 2.24) is 20.8 Å². The van der Waals surface area contributed by atoms with Crippen LogP contribution in [0.1, 0.15) is 27.3 Å². The average molecular weight is 335 g/mol. The topological polar surface area (TPSA) is 98.9 Å². The standard InChI is InChI=1S/C15H15F2N5O2/c16-9-2-1-3-10(17)12(9)14(23)21-11-7-19-22-13(11)15(24)20-8-4-5-18-6-8/h1-3,7-8,18H,4-6H2,(H,19,22)(H,20,24)(H,21,23)/t8-/m1/s1. The highest BCUT2D eigenvalue weighted by Gasteiger charge is 2.23. The van der Waals surface area contributed by atoms with Gasteiger partial charge in [0.25, 0.3) is 11.8 Å². The van der Waals surface area contributed by atoms with E-state index in [1.165, 1.54) is 6.20 Å². The van der Waals surface area contributed by atoms with Crippen LogP contribution < -0.4 is 16.0 Å². The van der Waals surface area contributed by atoms with Crippen molar-refractivity contribution in [1.29, 1.82) is 0 Å². The number of nitrogens with one attached hydrogen (secondary N) is 4. The minimum absolute atomic E-state index is 0.0200. The lowest BCUT2D eigenvalue weighted by Crippen LogP contribution is -2.36. The lowest BCUT2D eigenvalue weighted by Gasteiger charge is -2.11. The molecule has 1 aromatic carbocycles. The van der Waals surface area contributed by atoms with E-state index in [2.05, 4.69) is 26.1 Å². The van der Waals surface area contributed by atoms with Crippen molar-refractivity contribution in [2.24, 2.45) is 0 Å². The molecule has 1 aliphatic rings. The fourth-order valence-corrected chi connectivity index (χ4v) is 2.49. The zero-order valence-electron chi connectivity index (χ0n) is 12.5. The molecular weight excluding hydrogens is 320 g/mol. The van der Waals surface area contributed by atoms with Crippen molar-refractivity contribution in [2.75, 3.05) is 18.4 Å². The van der Waals surface area contributed by atoms with Gasteiger partial charge in [-0.25, -0.2) is 8.78 Å². The van der Waals surface area contributed by atoms with E-state index in [-0.39, 0.29) is 17.4 Å². The van der Waals surface area contributed by atoms with Crippen LogP contribution in [0, 0.1) is 11.6 Å². The first-order valence-corrected chi connectivity index (χ1v) is 7.36. The number of anilines is 1. The molecule has 1 aliphatic heterocycles. The van der Waals surface area contributed by atoms with Crippen LogP contribution in [0.2, 0.25) is 0 Å². The number of rotatable bonds is 4. The summed E-state index contributed by atoms with van der Waals surface area (Å²) >= 11 is 0. The number of carbonyl (C=O) groups is 2. The quantitative estimate of drug-likeness (QED) is 0.671. The van der Waals surface area contributed by atoms with Gasteiger partial charge in [0, 0.05) is 12.6 Å². The maximum absolute atomic E-state index is 13.6. The Labute approximate surface area is 135 Å². The number of amides is 2. The van der Waals surface area contributed by atoms with Gasteiger partial charge in [0.1, 0.15) is 22.9 Å². The molecule has 0 bridgehead atoms. The Morgan fingerprint density at radius 3 is 2.62 bits per heavy atom. The van der Waals surface area contributed by atoms with Crippen molar-refractivity contribution in [3.05, 3.63) is 47.3 Å². The summed E-state index contributed by atoms with van der Waals surface area (Å²) in [4.78, 5) is 24.3. The number of halogens is 2. The molecule has 24 heavy (non-hydrogen) atoms. The maximum Gasteiger partial charge on any atom is 0.271 e. The van der Waals surface area contributed by atoms with E-state index in [0.717, 1.165) is 31.2 Å². The molecule has 1 aromatic heterocycles. The molecule has 4 N–H and O–H groups in total. The van der Waals surface area contributed by atoms with Crippen molar-refractivity contribution in [3.63, 3.8) is 0 Å². The van der Waals surface area contributed by atoms with Crippen LogP contribution in [0.25, 0.3) is 0 Å². The van der Waals surface area contributed by atoms with Gasteiger partial charge >= 0.3 is 0 Å². The summed E-state index contributed by atoms with van der Waals surface area (Å²) in [5.74, 6) is -3.42. The molecule has 3 rings (SSSR count). The molecular formula is C15H15F2N5O2. The maximum atomic E-state index is 13.6. The lowest BCUT2D eigenvalue weighted by molar-refractivity contribution is 0.0936. The molecule has 2 heterocycles. The number of carbonyl (C=O) groups excluding carboxylic acids is 2. The van der Waals surface area contributed by atoms with E-state index in [4.69, 9.17) is 0 Å². The van der Waals surface area contributed by atoms with Crippen LogP contribution in [0.5, 0.6) is 0 Å². The minimum atomic E-state index is -0.997. The number of aromatic amines is 1. The molecule has 0 radical (unpaired) electrons. The predicted molar refractivity (Wildman–Crippen MR) is 81.6 cm³/mol. The Hall–Kier alpha value is -2.81. The molecule has 0 saturated carbocycles. The van der Waals surface area contributed by atoms with Gasteiger partial charge in [0.05, 0.1) is 11.9 Å². The van der Waals surface area contributed by atoms with Crippen LogP contribution in [0.15, 0.2) is 24.4 Å². The number of benzene rings is 1. The molecule has 2 aromatic rings. The number of hydrogen-bond donors (Lipinski definition) is 4. The smallest absolute Gasteiger partial charge is 0.271 e. The monoisotopic (exact) mass is 335 g/mol. The van der Waals surface area contributed by atoms with Crippen LogP contribution in [-0.2, 0) is 0 Å². The lowest BCUT2D eigenvalue weighted by atomic mass is 10.1. The molecule has 9 heteroatoms. The third-order valence-corrected chi connectivity index (χ3v) is 3.70. The molecule has 126 valence electrons. The van der Waals surface area contributed by atoms with Crippen molar-refractivity contribution in [2.45, 2.75) is 12.5 Å². The summed E-state index contributed by atoms with van der Waals surface area (Å²) in [6, 6.07) is 3.10. The number of aromatic nitrogens is 2. The van der Waals surface area contributed by atoms with Crippen molar-refractivity contribution >= 4 is 17.5 Å². The van der Waals surface area contributed by atoms with Crippen molar-refractivity contribution in [3.8, 4) is 0 Å². The largest absolute Gasteiger partial charge is 0.347 e. The second-order valence-electron chi connectivity index (χ2n) is 5.37. The van der Waals surface area contributed by atoms with E-state index in [9.17, 15) is 18.4 Å². The Kier molecular flexibility index (Phi) is 4.52. The van der Waals surface area contributed by atoms with E-state index in [0.29, 0.717) is 6.54 Å². The first-order valence-electron chi connectivity index (χ1n) is 7.36. The highest BCUT2D eigenvalue weighted by Crippen LogP contribution is 2.17. The summed E-state index contributed by atoms with van der Waals surface area (Å²) in [7, 11) is 0. The Balaban J connectivity index is 1.75. The molecule has 1 saturated heterocycles. The van der Waals surface area contributed by atoms with E-state index >= 15 is 0 Å². The second kappa shape index (κ2) is 6.75. The van der Waals surface area contributed by atoms with Crippen molar-refractivity contribution < 1.29 is 18.4 Å². The molecule has 1 atom stereocenters. The van der Waals surface area contributed by atoms with Gasteiger partial charge < -0.3 is 16.0 Å². The van der Waals surface area contributed by atoms with Gasteiger partial charge in [0.15, 0.2) is 0 Å². The summed E-state index contributed by atoms with van der Waals surface area (Å²) in [5.41, 5.74) is -0.650. The minimum Gasteiger partial charge on any atom is -0.347 e. The van der Waals surface area contributed by atoms with Crippen LogP contribution in [0.4, 0.5) is 14.5 Å². The predicted octanol–water partition coefficient (Wildman–Crippen LogP) is 1.03. The first-order chi connectivity index (χ1) is 11.6. The summed E-state index contributed by atoms with van der Waals surface area (Å²) in [5, 5.41) is 14.4. The summed E-state index contributed by atoms with van der Waals surface area (Å²) in [6.07, 6.45) is 2.00. The third kappa shape index (κ3) is 3.25. The van der Waals surface area contributed by atoms with E-state index in [1.807, 2.05) is 0 Å². The van der Waals surface area contributed by atoms with Gasteiger partial charge in [-0.1, -0.05) is 6.07 Å². The molecule has 2 amide bonds. The summed E-state index contributed by atoms with van der Waals surface area (Å²) < 4.78 is 27.3. The first kappa shape index (κ1) is 16.1. The average Bonchev–Trinajstić information content (AvgIpc) is 3.18. The van der Waals surface area contributed by atoms with Gasteiger partial charge in [-0.3, -0.25) is 14.7 Å². The molecule has 1 fully saturated rings. The van der Waals surface area contributed by atoms with Gasteiger partial charge in [-0.05, 0) is 25.1 Å². The fraction of sp³-hybridized carbons (Fsp3) is 0.267. The molecule has 0 unspecified atom stereocenters. The second-order valence-corrected chi connectivity index (χ2v) is 5.37. The van der Waals surface area contributed by atoms with Gasteiger partial charge in [0.2, 0.25) is 0 Å². The zero-order chi connectivity index (χ0) is 17.1.